The van der Waals surface area contributed by atoms with Gasteiger partial charge in [0.2, 0.25) is 0 Å². The number of nitrogens with zero attached hydrogens (tertiary/aromatic N) is 1. The van der Waals surface area contributed by atoms with E-state index in [1.165, 1.54) is 0 Å². The molecule has 0 saturated carbocycles. The van der Waals surface area contributed by atoms with Crippen LogP contribution in [0.3, 0.4) is 0 Å². The fourth-order valence-corrected chi connectivity index (χ4v) is 0.674. The summed E-state index contributed by atoms with van der Waals surface area (Å²) in [5, 5.41) is 0. The molecule has 0 aliphatic rings. The average molecular weight is 323 g/mol. The number of benzene rings is 1. The summed E-state index contributed by atoms with van der Waals surface area (Å²) in [5.74, 6) is 0. The van der Waals surface area contributed by atoms with E-state index < -0.39 is 0 Å². The molecule has 0 bridgehead atoms. The van der Waals surface area contributed by atoms with Crippen molar-refractivity contribution in [3.63, 3.8) is 0 Å². The Balaban J connectivity index is 0.000000810. The van der Waals surface area contributed by atoms with E-state index in [0.717, 1.165) is 11.4 Å². The standard InChI is InChI=1S/C6H7N2S.W/c7-5-1-3-6(8-9)4-2-5;/h1-4,9H,7H2;/q-1;. The summed E-state index contributed by atoms with van der Waals surface area (Å²) in [6, 6.07) is 7.19. The second kappa shape index (κ2) is 4.64. The van der Waals surface area contributed by atoms with Crippen LogP contribution in [0.4, 0.5) is 11.4 Å². The van der Waals surface area contributed by atoms with Crippen LogP contribution in [0.15, 0.2) is 24.3 Å². The number of rotatable bonds is 1. The number of hydrogen-bond acceptors (Lipinski definition) is 2. The van der Waals surface area contributed by atoms with Crippen LogP contribution in [-0.2, 0) is 21.1 Å². The van der Waals surface area contributed by atoms with E-state index >= 15 is 0 Å². The van der Waals surface area contributed by atoms with Crippen molar-refractivity contribution < 1.29 is 21.1 Å². The van der Waals surface area contributed by atoms with Gasteiger partial charge in [-0.25, -0.2) is 0 Å². The minimum Gasteiger partial charge on any atom is -0.634 e. The molecule has 0 unspecified atom stereocenters. The topological polar surface area (TPSA) is 40.1 Å². The van der Waals surface area contributed by atoms with Crippen LogP contribution in [0.5, 0.6) is 0 Å². The van der Waals surface area contributed by atoms with Crippen molar-refractivity contribution in [3.8, 4) is 0 Å². The van der Waals surface area contributed by atoms with Crippen LogP contribution in [0.2, 0.25) is 0 Å². The van der Waals surface area contributed by atoms with Crippen molar-refractivity contribution in [2.75, 3.05) is 5.73 Å². The predicted octanol–water partition coefficient (Wildman–Crippen LogP) is 2.12. The van der Waals surface area contributed by atoms with Gasteiger partial charge in [-0.2, -0.15) is 0 Å². The summed E-state index contributed by atoms with van der Waals surface area (Å²) in [4.78, 5) is 0. The molecule has 1 aromatic carbocycles. The van der Waals surface area contributed by atoms with Gasteiger partial charge in [0, 0.05) is 26.8 Å². The molecule has 0 saturated heterocycles. The molecular formula is C6H7N2SW-. The minimum absolute atomic E-state index is 0. The number of hydrogen-bond donors (Lipinski definition) is 2. The number of thiol groups is 1. The van der Waals surface area contributed by atoms with E-state index in [0.29, 0.717) is 0 Å². The van der Waals surface area contributed by atoms with Crippen molar-refractivity contribution in [2.45, 2.75) is 0 Å². The summed E-state index contributed by atoms with van der Waals surface area (Å²) < 4.78 is 3.65. The summed E-state index contributed by atoms with van der Waals surface area (Å²) in [6.45, 7) is 0. The van der Waals surface area contributed by atoms with Gasteiger partial charge in [0.1, 0.15) is 0 Å². The molecule has 2 N–H and O–H groups in total. The van der Waals surface area contributed by atoms with Gasteiger partial charge in [0.15, 0.2) is 0 Å². The zero-order valence-corrected chi connectivity index (χ0v) is 9.02. The molecule has 1 aromatic rings. The fourth-order valence-electron chi connectivity index (χ4n) is 0.541. The second-order valence-electron chi connectivity index (χ2n) is 1.69. The Bertz CT molecular complexity index is 187. The molecule has 0 heterocycles. The maximum absolute atomic E-state index is 5.41. The summed E-state index contributed by atoms with van der Waals surface area (Å²) >= 11 is 3.73. The van der Waals surface area contributed by atoms with Crippen LogP contribution in [0.25, 0.3) is 4.72 Å². The minimum atomic E-state index is 0. The maximum atomic E-state index is 5.41. The molecule has 0 aromatic heterocycles. The van der Waals surface area contributed by atoms with E-state index in [1.807, 2.05) is 12.1 Å². The molecular weight excluding hydrogens is 316 g/mol. The molecule has 0 aliphatic heterocycles. The normalized spacial score (nSPS) is 8.10. The second-order valence-corrected chi connectivity index (χ2v) is 1.89. The van der Waals surface area contributed by atoms with Gasteiger partial charge in [-0.1, -0.05) is 12.1 Å². The van der Waals surface area contributed by atoms with Gasteiger partial charge in [0.05, 0.1) is 0 Å². The largest absolute Gasteiger partial charge is 0.634 e. The van der Waals surface area contributed by atoms with E-state index in [2.05, 4.69) is 17.5 Å². The molecule has 0 aliphatic carbocycles. The SMILES string of the molecule is Nc1ccc([N-]S)cc1.[W]. The quantitative estimate of drug-likeness (QED) is 0.603. The van der Waals surface area contributed by atoms with Gasteiger partial charge in [-0.3, -0.25) is 12.8 Å². The number of nitrogen functional groups attached to an aromatic ring is 1. The first-order chi connectivity index (χ1) is 4.33. The first kappa shape index (κ1) is 9.86. The first-order valence-electron chi connectivity index (χ1n) is 2.53. The van der Waals surface area contributed by atoms with Gasteiger partial charge in [-0.15, -0.1) is 5.69 Å². The Morgan fingerprint density at radius 3 is 2.10 bits per heavy atom. The van der Waals surface area contributed by atoms with Crippen LogP contribution < -0.4 is 5.73 Å². The summed E-state index contributed by atoms with van der Waals surface area (Å²) in [6.07, 6.45) is 0. The Morgan fingerprint density at radius 1 is 1.20 bits per heavy atom. The third kappa shape index (κ3) is 2.63. The molecule has 0 fully saturated rings. The van der Waals surface area contributed by atoms with Crippen molar-refractivity contribution >= 4 is 24.2 Å². The van der Waals surface area contributed by atoms with Gasteiger partial charge >= 0.3 is 0 Å². The van der Waals surface area contributed by atoms with Crippen LogP contribution in [0, 0.1) is 0 Å². The van der Waals surface area contributed by atoms with Gasteiger partial charge < -0.3 is 10.5 Å². The molecule has 1 rings (SSSR count). The van der Waals surface area contributed by atoms with Gasteiger partial charge in [-0.05, 0) is 12.1 Å². The Morgan fingerprint density at radius 2 is 1.70 bits per heavy atom. The average Bonchev–Trinajstić information content (AvgIpc) is 1.90. The smallest absolute Gasteiger partial charge is 0.0313 e. The Hall–Kier alpha value is -0.142. The molecule has 0 amide bonds. The summed E-state index contributed by atoms with van der Waals surface area (Å²) in [7, 11) is 0. The molecule has 4 heteroatoms. The Kier molecular flexibility index (Phi) is 4.57. The van der Waals surface area contributed by atoms with Crippen molar-refractivity contribution in [1.29, 1.82) is 0 Å². The molecule has 10 heavy (non-hydrogen) atoms. The predicted molar refractivity (Wildman–Crippen MR) is 42.9 cm³/mol. The molecule has 2 nitrogen and oxygen atoms in total. The fraction of sp³-hybridized carbons (Fsp3) is 0. The first-order valence-corrected chi connectivity index (χ1v) is 2.93. The molecule has 0 atom stereocenters. The maximum Gasteiger partial charge on any atom is 0.0313 e. The van der Waals surface area contributed by atoms with E-state index in [4.69, 9.17) is 5.73 Å². The van der Waals surface area contributed by atoms with Crippen LogP contribution >= 0.6 is 12.8 Å². The van der Waals surface area contributed by atoms with Crippen LogP contribution in [-0.4, -0.2) is 0 Å². The van der Waals surface area contributed by atoms with E-state index in [9.17, 15) is 0 Å². The summed E-state index contributed by atoms with van der Waals surface area (Å²) in [5.41, 5.74) is 6.99. The number of nitrogens with two attached hydrogens (primary N) is 1. The van der Waals surface area contributed by atoms with Crippen LogP contribution in [0.1, 0.15) is 0 Å². The zero-order chi connectivity index (χ0) is 6.69. The van der Waals surface area contributed by atoms with Crippen molar-refractivity contribution in [2.24, 2.45) is 0 Å². The van der Waals surface area contributed by atoms with Gasteiger partial charge in [0.25, 0.3) is 0 Å². The number of anilines is 1. The van der Waals surface area contributed by atoms with Crippen molar-refractivity contribution in [3.05, 3.63) is 29.0 Å². The monoisotopic (exact) mass is 323 g/mol. The zero-order valence-electron chi connectivity index (χ0n) is 5.19. The van der Waals surface area contributed by atoms with Crippen molar-refractivity contribution in [1.82, 2.24) is 0 Å². The molecule has 54 valence electrons. The third-order valence-electron chi connectivity index (χ3n) is 1.01. The molecule has 0 spiro atoms. The van der Waals surface area contributed by atoms with E-state index in [1.54, 1.807) is 12.1 Å². The molecule has 0 radical (unpaired) electrons. The third-order valence-corrected chi connectivity index (χ3v) is 1.24. The Labute approximate surface area is 80.0 Å². The van der Waals surface area contributed by atoms with E-state index in [-0.39, 0.29) is 21.1 Å².